The van der Waals surface area contributed by atoms with E-state index in [1.165, 1.54) is 0 Å². The molecule has 0 heterocycles. The van der Waals surface area contributed by atoms with Crippen LogP contribution in [0.4, 0.5) is 0 Å². The van der Waals surface area contributed by atoms with E-state index in [1.54, 1.807) is 0 Å². The Morgan fingerprint density at radius 2 is 2.00 bits per heavy atom. The van der Waals surface area contributed by atoms with Gasteiger partial charge in [0.05, 0.1) is 0 Å². The first-order chi connectivity index (χ1) is 4.12. The van der Waals surface area contributed by atoms with Crippen LogP contribution >= 0.6 is 0 Å². The van der Waals surface area contributed by atoms with E-state index in [4.69, 9.17) is 9.83 Å². The maximum atomic E-state index is 5.85. The van der Waals surface area contributed by atoms with Gasteiger partial charge in [0.1, 0.15) is 0 Å². The molecule has 0 bridgehead atoms. The molecule has 0 aliphatic heterocycles. The Morgan fingerprint density at radius 3 is 2.33 bits per heavy atom. The zero-order valence-corrected chi connectivity index (χ0v) is 7.61. The van der Waals surface area contributed by atoms with Crippen LogP contribution in [0, 0.1) is 0 Å². The highest BCUT2D eigenvalue weighted by atomic mass is 28.4. The molecular formula is C6H17NOSi. The summed E-state index contributed by atoms with van der Waals surface area (Å²) in [6, 6.07) is 1.07. The predicted molar refractivity (Wildman–Crippen MR) is 42.5 cm³/mol. The molecule has 1 atom stereocenters. The molecule has 0 aliphatic carbocycles. The molecule has 0 saturated carbocycles. The van der Waals surface area contributed by atoms with Gasteiger partial charge in [-0.3, -0.25) is 0 Å². The van der Waals surface area contributed by atoms with Crippen LogP contribution in [0.3, 0.4) is 0 Å². The second kappa shape index (κ2) is 4.03. The Bertz CT molecular complexity index is 67.5. The molecule has 0 aromatic heterocycles. The van der Waals surface area contributed by atoms with Gasteiger partial charge in [0.2, 0.25) is 0 Å². The van der Waals surface area contributed by atoms with Gasteiger partial charge >= 0.3 is 0 Å². The molecule has 56 valence electrons. The van der Waals surface area contributed by atoms with Gasteiger partial charge in [0.25, 0.3) is 8.48 Å². The van der Waals surface area contributed by atoms with Crippen LogP contribution in [-0.4, -0.2) is 15.1 Å². The second-order valence-corrected chi connectivity index (χ2v) is 5.91. The van der Waals surface area contributed by atoms with Crippen LogP contribution in [-0.2, 0) is 4.43 Å². The van der Waals surface area contributed by atoms with E-state index in [0.717, 1.165) is 19.1 Å². The number of rotatable bonds is 4. The van der Waals surface area contributed by atoms with E-state index < -0.39 is 8.48 Å². The van der Waals surface area contributed by atoms with Crippen molar-refractivity contribution in [3.05, 3.63) is 0 Å². The van der Waals surface area contributed by atoms with Crippen molar-refractivity contribution in [3.8, 4) is 0 Å². The lowest BCUT2D eigenvalue weighted by Gasteiger charge is -2.19. The van der Waals surface area contributed by atoms with Gasteiger partial charge in [-0.15, -0.1) is 0 Å². The molecule has 0 fully saturated rings. The second-order valence-electron chi connectivity index (χ2n) is 2.50. The zero-order valence-electron chi connectivity index (χ0n) is 6.61. The molecule has 1 unspecified atom stereocenters. The van der Waals surface area contributed by atoms with E-state index >= 15 is 0 Å². The predicted octanol–water partition coefficient (Wildman–Crippen LogP) is 1.46. The first kappa shape index (κ1) is 9.14. The summed E-state index contributed by atoms with van der Waals surface area (Å²) in [6.07, 6.45) is 1.14. The van der Waals surface area contributed by atoms with Gasteiger partial charge in [-0.05, 0) is 19.5 Å². The summed E-state index contributed by atoms with van der Waals surface area (Å²) < 4.78 is 5.39. The van der Waals surface area contributed by atoms with Gasteiger partial charge in [-0.25, -0.2) is 0 Å². The third kappa shape index (κ3) is 4.63. The molecule has 0 spiro atoms. The Hall–Kier alpha value is 0.137. The summed E-state index contributed by atoms with van der Waals surface area (Å²) in [5.41, 5.74) is 0. The maximum Gasteiger partial charge on any atom is 0.262 e. The Balaban J connectivity index is 3.43. The number of hydrogen-bond donors (Lipinski definition) is 1. The van der Waals surface area contributed by atoms with E-state index in [2.05, 4.69) is 13.5 Å². The van der Waals surface area contributed by atoms with E-state index in [1.807, 2.05) is 6.92 Å². The minimum Gasteiger partial charge on any atom is -0.404 e. The van der Waals surface area contributed by atoms with Crippen molar-refractivity contribution in [2.24, 2.45) is 5.40 Å². The minimum atomic E-state index is -1.70. The largest absolute Gasteiger partial charge is 0.404 e. The molecule has 0 aliphatic rings. The average molecular weight is 147 g/mol. The molecule has 0 aromatic carbocycles. The summed E-state index contributed by atoms with van der Waals surface area (Å²) >= 11 is 0. The van der Waals surface area contributed by atoms with Gasteiger partial charge in [0, 0.05) is 6.61 Å². The molecule has 0 saturated heterocycles. The molecule has 0 amide bonds. The molecule has 0 rings (SSSR count). The van der Waals surface area contributed by atoms with Crippen molar-refractivity contribution in [1.29, 1.82) is 0 Å². The van der Waals surface area contributed by atoms with Gasteiger partial charge in [-0.2, -0.15) is 0 Å². The third-order valence-electron chi connectivity index (χ3n) is 1.22. The highest BCUT2D eigenvalue weighted by Crippen LogP contribution is 2.05. The highest BCUT2D eigenvalue weighted by Gasteiger charge is 2.20. The van der Waals surface area contributed by atoms with Crippen LogP contribution in [0.25, 0.3) is 0 Å². The van der Waals surface area contributed by atoms with E-state index in [0.29, 0.717) is 0 Å². The van der Waals surface area contributed by atoms with E-state index in [9.17, 15) is 0 Å². The first-order valence-electron chi connectivity index (χ1n) is 3.55. The Labute approximate surface area is 58.6 Å². The fourth-order valence-corrected chi connectivity index (χ4v) is 2.69. The summed E-state index contributed by atoms with van der Waals surface area (Å²) in [7, 11) is -1.70. The molecule has 9 heavy (non-hydrogen) atoms. The lowest BCUT2D eigenvalue weighted by atomic mass is 10.6. The summed E-state index contributed by atoms with van der Waals surface area (Å²) in [4.78, 5) is 0. The van der Waals surface area contributed by atoms with Gasteiger partial charge in [-0.1, -0.05) is 13.3 Å². The first-order valence-corrected chi connectivity index (χ1v) is 6.24. The van der Waals surface area contributed by atoms with Crippen molar-refractivity contribution >= 4 is 8.48 Å². The fourth-order valence-electron chi connectivity index (χ4n) is 0.898. The molecule has 0 aromatic rings. The Kier molecular flexibility index (Phi) is 4.09. The van der Waals surface area contributed by atoms with Gasteiger partial charge < -0.3 is 9.83 Å². The van der Waals surface area contributed by atoms with Crippen molar-refractivity contribution in [2.45, 2.75) is 32.9 Å². The minimum absolute atomic E-state index is 0.763. The van der Waals surface area contributed by atoms with Crippen LogP contribution < -0.4 is 5.40 Å². The molecule has 0 radical (unpaired) electrons. The van der Waals surface area contributed by atoms with E-state index in [-0.39, 0.29) is 0 Å². The summed E-state index contributed by atoms with van der Waals surface area (Å²) in [6.45, 7) is 6.95. The highest BCUT2D eigenvalue weighted by molar-refractivity contribution is 6.69. The molecule has 2 nitrogen and oxygen atoms in total. The quantitative estimate of drug-likeness (QED) is 0.611. The normalized spacial score (nSPS) is 17.3. The molecule has 2 N–H and O–H groups in total. The SMILES string of the molecule is CCC[Si](C)(N)OCC. The summed E-state index contributed by atoms with van der Waals surface area (Å²) in [5, 5.41) is 5.85. The molecular weight excluding hydrogens is 130 g/mol. The maximum absolute atomic E-state index is 5.85. The zero-order chi connectivity index (χ0) is 7.33. The van der Waals surface area contributed by atoms with Crippen molar-refractivity contribution in [3.63, 3.8) is 0 Å². The van der Waals surface area contributed by atoms with Crippen LogP contribution in [0.5, 0.6) is 0 Å². The summed E-state index contributed by atoms with van der Waals surface area (Å²) in [5.74, 6) is 0. The lowest BCUT2D eigenvalue weighted by Crippen LogP contribution is -2.45. The smallest absolute Gasteiger partial charge is 0.262 e. The third-order valence-corrected chi connectivity index (χ3v) is 3.66. The van der Waals surface area contributed by atoms with Crippen molar-refractivity contribution in [1.82, 2.24) is 0 Å². The molecule has 3 heteroatoms. The van der Waals surface area contributed by atoms with Gasteiger partial charge in [0.15, 0.2) is 0 Å². The standard InChI is InChI=1S/C6H17NOSi/c1-4-6-9(3,7)8-5-2/h4-7H2,1-3H3. The van der Waals surface area contributed by atoms with Crippen LogP contribution in [0.2, 0.25) is 12.6 Å². The lowest BCUT2D eigenvalue weighted by molar-refractivity contribution is 0.324. The Morgan fingerprint density at radius 1 is 1.44 bits per heavy atom. The van der Waals surface area contributed by atoms with Crippen LogP contribution in [0.15, 0.2) is 0 Å². The monoisotopic (exact) mass is 147 g/mol. The van der Waals surface area contributed by atoms with Crippen LogP contribution in [0.1, 0.15) is 20.3 Å². The number of hydrogen-bond acceptors (Lipinski definition) is 2. The average Bonchev–Trinajstić information content (AvgIpc) is 1.64. The van der Waals surface area contributed by atoms with Crippen molar-refractivity contribution < 1.29 is 4.43 Å². The fraction of sp³-hybridized carbons (Fsp3) is 1.00. The van der Waals surface area contributed by atoms with Crippen molar-refractivity contribution in [2.75, 3.05) is 6.61 Å². The number of nitrogens with two attached hydrogens (primary N) is 1. The topological polar surface area (TPSA) is 35.2 Å².